The fraction of sp³-hybridized carbons (Fsp3) is 0.455. The van der Waals surface area contributed by atoms with Crippen LogP contribution in [0.15, 0.2) is 18.3 Å². The van der Waals surface area contributed by atoms with E-state index < -0.39 is 0 Å². The normalized spacial score (nSPS) is 21.3. The van der Waals surface area contributed by atoms with Crippen molar-refractivity contribution in [3.63, 3.8) is 0 Å². The van der Waals surface area contributed by atoms with Crippen LogP contribution < -0.4 is 5.32 Å². The number of nitrogens with one attached hydrogen (secondary N) is 1. The van der Waals surface area contributed by atoms with E-state index in [2.05, 4.69) is 27.5 Å². The highest BCUT2D eigenvalue weighted by molar-refractivity contribution is 5.49. The maximum absolute atomic E-state index is 4.48. The van der Waals surface area contributed by atoms with Gasteiger partial charge in [0.1, 0.15) is 5.82 Å². The Morgan fingerprint density at radius 2 is 2.47 bits per heavy atom. The molecule has 0 radical (unpaired) electrons. The molecule has 4 nitrogen and oxygen atoms in total. The summed E-state index contributed by atoms with van der Waals surface area (Å²) >= 11 is 0. The molecule has 78 valence electrons. The molecule has 1 fully saturated rings. The molecule has 1 aliphatic heterocycles. The smallest absolute Gasteiger partial charge is 0.159 e. The van der Waals surface area contributed by atoms with Gasteiger partial charge in [0.2, 0.25) is 0 Å². The molecule has 0 amide bonds. The predicted molar refractivity (Wildman–Crippen MR) is 58.0 cm³/mol. The number of pyridine rings is 1. The van der Waals surface area contributed by atoms with Crippen molar-refractivity contribution in [2.45, 2.75) is 19.3 Å². The van der Waals surface area contributed by atoms with Crippen LogP contribution >= 0.6 is 0 Å². The average molecular weight is 202 g/mol. The number of rotatable bonds is 1. The monoisotopic (exact) mass is 202 g/mol. The first-order valence-electron chi connectivity index (χ1n) is 5.37. The SMILES string of the molecule is Cc1nc2c(C3CCNC3)cccn2n1. The zero-order chi connectivity index (χ0) is 10.3. The van der Waals surface area contributed by atoms with Crippen LogP contribution in [-0.2, 0) is 0 Å². The van der Waals surface area contributed by atoms with E-state index in [0.29, 0.717) is 5.92 Å². The van der Waals surface area contributed by atoms with E-state index in [9.17, 15) is 0 Å². The van der Waals surface area contributed by atoms with Gasteiger partial charge in [0.25, 0.3) is 0 Å². The van der Waals surface area contributed by atoms with Gasteiger partial charge in [-0.2, -0.15) is 5.10 Å². The molecule has 0 aromatic carbocycles. The number of fused-ring (bicyclic) bond motifs is 1. The average Bonchev–Trinajstić information content (AvgIpc) is 2.82. The minimum absolute atomic E-state index is 0.595. The third kappa shape index (κ3) is 1.41. The van der Waals surface area contributed by atoms with E-state index in [4.69, 9.17) is 0 Å². The molecule has 3 rings (SSSR count). The molecule has 2 aromatic heterocycles. The molecule has 0 spiro atoms. The van der Waals surface area contributed by atoms with Gasteiger partial charge in [-0.05, 0) is 26.0 Å². The van der Waals surface area contributed by atoms with E-state index >= 15 is 0 Å². The van der Waals surface area contributed by atoms with Crippen LogP contribution in [0.5, 0.6) is 0 Å². The van der Waals surface area contributed by atoms with E-state index in [1.165, 1.54) is 12.0 Å². The topological polar surface area (TPSA) is 42.2 Å². The summed E-state index contributed by atoms with van der Waals surface area (Å²) in [4.78, 5) is 4.48. The molecule has 0 saturated carbocycles. The molecule has 1 N–H and O–H groups in total. The quantitative estimate of drug-likeness (QED) is 0.753. The van der Waals surface area contributed by atoms with Crippen LogP contribution in [0, 0.1) is 6.92 Å². The fourth-order valence-electron chi connectivity index (χ4n) is 2.27. The van der Waals surface area contributed by atoms with E-state index in [1.807, 2.05) is 17.6 Å². The van der Waals surface area contributed by atoms with Gasteiger partial charge in [0.15, 0.2) is 5.65 Å². The molecular weight excluding hydrogens is 188 g/mol. The minimum atomic E-state index is 0.595. The first-order valence-corrected chi connectivity index (χ1v) is 5.37. The van der Waals surface area contributed by atoms with Crippen LogP contribution in [0.25, 0.3) is 5.65 Å². The van der Waals surface area contributed by atoms with Gasteiger partial charge in [0.05, 0.1) is 0 Å². The second-order valence-electron chi connectivity index (χ2n) is 4.08. The van der Waals surface area contributed by atoms with E-state index in [1.54, 1.807) is 0 Å². The first-order chi connectivity index (χ1) is 7.34. The standard InChI is InChI=1S/C11H14N4/c1-8-13-11-10(9-4-5-12-7-9)3-2-6-15(11)14-8/h2-3,6,9,12H,4-5,7H2,1H3. The number of hydrogen-bond acceptors (Lipinski definition) is 3. The summed E-state index contributed by atoms with van der Waals surface area (Å²) in [6.07, 6.45) is 3.16. The second-order valence-corrected chi connectivity index (χ2v) is 4.08. The van der Waals surface area contributed by atoms with Crippen molar-refractivity contribution < 1.29 is 0 Å². The minimum Gasteiger partial charge on any atom is -0.316 e. The van der Waals surface area contributed by atoms with Crippen molar-refractivity contribution in [3.05, 3.63) is 29.7 Å². The van der Waals surface area contributed by atoms with Gasteiger partial charge in [-0.15, -0.1) is 0 Å². The predicted octanol–water partition coefficient (Wildman–Crippen LogP) is 1.11. The Balaban J connectivity index is 2.16. The van der Waals surface area contributed by atoms with E-state index in [0.717, 1.165) is 24.6 Å². The summed E-state index contributed by atoms with van der Waals surface area (Å²) in [7, 11) is 0. The van der Waals surface area contributed by atoms with Gasteiger partial charge in [-0.25, -0.2) is 9.50 Å². The van der Waals surface area contributed by atoms with Crippen molar-refractivity contribution in [3.8, 4) is 0 Å². The third-order valence-corrected chi connectivity index (χ3v) is 3.00. The Morgan fingerprint density at radius 1 is 1.53 bits per heavy atom. The zero-order valence-electron chi connectivity index (χ0n) is 8.77. The molecule has 1 unspecified atom stereocenters. The third-order valence-electron chi connectivity index (χ3n) is 3.00. The molecule has 0 aliphatic carbocycles. The lowest BCUT2D eigenvalue weighted by Crippen LogP contribution is -2.08. The number of aryl methyl sites for hydroxylation is 1. The van der Waals surface area contributed by atoms with Gasteiger partial charge in [-0.1, -0.05) is 6.07 Å². The maximum atomic E-state index is 4.48. The molecule has 1 aliphatic rings. The molecule has 0 bridgehead atoms. The van der Waals surface area contributed by atoms with Crippen LogP contribution in [0.4, 0.5) is 0 Å². The summed E-state index contributed by atoms with van der Waals surface area (Å²) in [6, 6.07) is 4.22. The summed E-state index contributed by atoms with van der Waals surface area (Å²) in [5.41, 5.74) is 2.34. The lowest BCUT2D eigenvalue weighted by molar-refractivity contribution is 0.759. The first kappa shape index (κ1) is 8.85. The molecule has 1 atom stereocenters. The van der Waals surface area contributed by atoms with Crippen LogP contribution in [0.3, 0.4) is 0 Å². The lowest BCUT2D eigenvalue weighted by Gasteiger charge is -2.08. The zero-order valence-corrected chi connectivity index (χ0v) is 8.77. The Kier molecular flexibility index (Phi) is 1.95. The largest absolute Gasteiger partial charge is 0.316 e. The van der Waals surface area contributed by atoms with Gasteiger partial charge in [-0.3, -0.25) is 0 Å². The second kappa shape index (κ2) is 3.31. The molecule has 4 heteroatoms. The molecule has 1 saturated heterocycles. The van der Waals surface area contributed by atoms with Crippen molar-refractivity contribution >= 4 is 5.65 Å². The van der Waals surface area contributed by atoms with Gasteiger partial charge in [0, 0.05) is 24.2 Å². The summed E-state index contributed by atoms with van der Waals surface area (Å²) < 4.78 is 1.88. The highest BCUT2D eigenvalue weighted by Gasteiger charge is 2.20. The number of aromatic nitrogens is 3. The number of nitrogens with zero attached hydrogens (tertiary/aromatic N) is 3. The molecule has 15 heavy (non-hydrogen) atoms. The van der Waals surface area contributed by atoms with Crippen LogP contribution in [0.2, 0.25) is 0 Å². The van der Waals surface area contributed by atoms with Crippen molar-refractivity contribution in [1.29, 1.82) is 0 Å². The Morgan fingerprint density at radius 3 is 3.27 bits per heavy atom. The summed E-state index contributed by atoms with van der Waals surface area (Å²) in [5.74, 6) is 1.44. The summed E-state index contributed by atoms with van der Waals surface area (Å²) in [5, 5.41) is 7.72. The lowest BCUT2D eigenvalue weighted by atomic mass is 10.00. The number of hydrogen-bond donors (Lipinski definition) is 1. The fourth-order valence-corrected chi connectivity index (χ4v) is 2.27. The Hall–Kier alpha value is -1.42. The summed E-state index contributed by atoms with van der Waals surface area (Å²) in [6.45, 7) is 4.11. The van der Waals surface area contributed by atoms with Crippen molar-refractivity contribution in [1.82, 2.24) is 19.9 Å². The maximum Gasteiger partial charge on any atom is 0.159 e. The van der Waals surface area contributed by atoms with Crippen molar-refractivity contribution in [2.75, 3.05) is 13.1 Å². The molecule has 3 heterocycles. The van der Waals surface area contributed by atoms with Crippen LogP contribution in [-0.4, -0.2) is 27.7 Å². The Bertz CT molecular complexity index is 482. The highest BCUT2D eigenvalue weighted by Crippen LogP contribution is 2.25. The van der Waals surface area contributed by atoms with Gasteiger partial charge < -0.3 is 5.32 Å². The van der Waals surface area contributed by atoms with Crippen LogP contribution in [0.1, 0.15) is 23.7 Å². The van der Waals surface area contributed by atoms with E-state index in [-0.39, 0.29) is 0 Å². The molecular formula is C11H14N4. The van der Waals surface area contributed by atoms with Crippen molar-refractivity contribution in [2.24, 2.45) is 0 Å². The highest BCUT2D eigenvalue weighted by atomic mass is 15.3. The van der Waals surface area contributed by atoms with Gasteiger partial charge >= 0.3 is 0 Å². The Labute approximate surface area is 88.3 Å². The molecule has 2 aromatic rings.